The number of amides is 2. The summed E-state index contributed by atoms with van der Waals surface area (Å²) in [4.78, 5) is 29.8. The van der Waals surface area contributed by atoms with Crippen molar-refractivity contribution < 1.29 is 14.0 Å². The molecule has 3 aromatic rings. The number of thioether (sulfide) groups is 1. The van der Waals surface area contributed by atoms with Crippen molar-refractivity contribution in [3.63, 3.8) is 0 Å². The van der Waals surface area contributed by atoms with Crippen LogP contribution in [0.2, 0.25) is 0 Å². The van der Waals surface area contributed by atoms with Gasteiger partial charge in [-0.3, -0.25) is 9.59 Å². The summed E-state index contributed by atoms with van der Waals surface area (Å²) in [6.07, 6.45) is 0.0298. The molecule has 0 spiro atoms. The molecule has 0 bridgehead atoms. The van der Waals surface area contributed by atoms with Crippen LogP contribution in [0.1, 0.15) is 6.42 Å². The molecular formula is C20H18FN3O2S. The average molecular weight is 383 g/mol. The molecule has 2 N–H and O–H groups in total. The molecule has 0 radical (unpaired) electrons. The first-order valence-electron chi connectivity index (χ1n) is 8.36. The van der Waals surface area contributed by atoms with Crippen molar-refractivity contribution in [1.82, 2.24) is 4.98 Å². The smallest absolute Gasteiger partial charge is 0.237 e. The number of nitrogens with zero attached hydrogens (tertiary/aromatic N) is 2. The lowest BCUT2D eigenvalue weighted by molar-refractivity contribution is -0.118. The molecule has 1 heterocycles. The van der Waals surface area contributed by atoms with Crippen LogP contribution in [-0.4, -0.2) is 29.1 Å². The van der Waals surface area contributed by atoms with Crippen molar-refractivity contribution >= 4 is 40.2 Å². The molecule has 5 nitrogen and oxygen atoms in total. The lowest BCUT2D eigenvalue weighted by Gasteiger charge is -2.22. The molecule has 0 atom stereocenters. The van der Waals surface area contributed by atoms with Gasteiger partial charge in [-0.2, -0.15) is 0 Å². The summed E-state index contributed by atoms with van der Waals surface area (Å²) >= 11 is 1.31. The van der Waals surface area contributed by atoms with Crippen LogP contribution in [0.5, 0.6) is 0 Å². The van der Waals surface area contributed by atoms with Crippen molar-refractivity contribution in [2.45, 2.75) is 11.4 Å². The molecule has 0 saturated carbocycles. The summed E-state index contributed by atoms with van der Waals surface area (Å²) in [5.41, 5.74) is 6.59. The fourth-order valence-electron chi connectivity index (χ4n) is 2.58. The second-order valence-corrected chi connectivity index (χ2v) is 6.86. The van der Waals surface area contributed by atoms with Crippen LogP contribution in [0.4, 0.5) is 10.1 Å². The highest BCUT2D eigenvalue weighted by Gasteiger charge is 2.17. The van der Waals surface area contributed by atoms with E-state index in [2.05, 4.69) is 4.98 Å². The Morgan fingerprint density at radius 3 is 2.52 bits per heavy atom. The normalized spacial score (nSPS) is 10.7. The number of primary amides is 1. The van der Waals surface area contributed by atoms with E-state index in [1.807, 2.05) is 36.4 Å². The molecular weight excluding hydrogens is 365 g/mol. The van der Waals surface area contributed by atoms with E-state index in [1.54, 1.807) is 0 Å². The standard InChI is InChI=1S/C20H18FN3O2S/c21-15-6-8-16(9-7-15)24(12-11-18(22)25)20(26)13-27-19-10-5-14-3-1-2-4-17(14)23-19/h1-10H,11-13H2,(H2,22,25). The summed E-state index contributed by atoms with van der Waals surface area (Å²) in [5, 5.41) is 1.76. The zero-order valence-electron chi connectivity index (χ0n) is 14.5. The first-order valence-corrected chi connectivity index (χ1v) is 9.34. The highest BCUT2D eigenvalue weighted by Crippen LogP contribution is 2.22. The third-order valence-corrected chi connectivity index (χ3v) is 4.85. The maximum absolute atomic E-state index is 13.2. The number of benzene rings is 2. The van der Waals surface area contributed by atoms with Gasteiger partial charge in [0, 0.05) is 24.0 Å². The molecule has 1 aromatic heterocycles. The Balaban J connectivity index is 1.72. The number of aromatic nitrogens is 1. The number of anilines is 1. The lowest BCUT2D eigenvalue weighted by Crippen LogP contribution is -2.35. The Morgan fingerprint density at radius 1 is 1.04 bits per heavy atom. The summed E-state index contributed by atoms with van der Waals surface area (Å²) in [6.45, 7) is 0.144. The Morgan fingerprint density at radius 2 is 1.78 bits per heavy atom. The minimum absolute atomic E-state index is 0.0298. The SMILES string of the molecule is NC(=O)CCN(C(=O)CSc1ccc2ccccc2n1)c1ccc(F)cc1. The van der Waals surface area contributed by atoms with E-state index in [9.17, 15) is 14.0 Å². The second-order valence-electron chi connectivity index (χ2n) is 5.87. The van der Waals surface area contributed by atoms with E-state index in [0.29, 0.717) is 5.69 Å². The molecule has 138 valence electrons. The maximum Gasteiger partial charge on any atom is 0.237 e. The summed E-state index contributed by atoms with van der Waals surface area (Å²) < 4.78 is 13.2. The topological polar surface area (TPSA) is 76.3 Å². The van der Waals surface area contributed by atoms with E-state index >= 15 is 0 Å². The van der Waals surface area contributed by atoms with E-state index in [0.717, 1.165) is 15.9 Å². The van der Waals surface area contributed by atoms with E-state index in [4.69, 9.17) is 5.73 Å². The van der Waals surface area contributed by atoms with Crippen molar-refractivity contribution in [3.05, 3.63) is 66.5 Å². The van der Waals surface area contributed by atoms with Gasteiger partial charge in [0.05, 0.1) is 16.3 Å². The van der Waals surface area contributed by atoms with Crippen LogP contribution in [0.15, 0.2) is 65.7 Å². The Hall–Kier alpha value is -2.93. The molecule has 0 saturated heterocycles. The van der Waals surface area contributed by atoms with Gasteiger partial charge in [0.15, 0.2) is 0 Å². The highest BCUT2D eigenvalue weighted by atomic mass is 32.2. The molecule has 2 aromatic carbocycles. The minimum atomic E-state index is -0.501. The van der Waals surface area contributed by atoms with Crippen LogP contribution >= 0.6 is 11.8 Å². The molecule has 2 amide bonds. The van der Waals surface area contributed by atoms with E-state index < -0.39 is 11.7 Å². The van der Waals surface area contributed by atoms with Crippen molar-refractivity contribution in [1.29, 1.82) is 0 Å². The molecule has 0 unspecified atom stereocenters. The number of para-hydroxylation sites is 1. The number of hydrogen-bond donors (Lipinski definition) is 1. The van der Waals surface area contributed by atoms with Crippen molar-refractivity contribution in [2.75, 3.05) is 17.2 Å². The fourth-order valence-corrected chi connectivity index (χ4v) is 3.34. The predicted octanol–water partition coefficient (Wildman–Crippen LogP) is 3.37. The monoisotopic (exact) mass is 383 g/mol. The molecule has 0 aliphatic heterocycles. The van der Waals surface area contributed by atoms with E-state index in [-0.39, 0.29) is 24.6 Å². The fraction of sp³-hybridized carbons (Fsp3) is 0.150. The molecule has 3 rings (SSSR count). The van der Waals surface area contributed by atoms with Crippen LogP contribution in [-0.2, 0) is 9.59 Å². The van der Waals surface area contributed by atoms with Crippen LogP contribution in [0, 0.1) is 5.82 Å². The van der Waals surface area contributed by atoms with E-state index in [1.165, 1.54) is 40.9 Å². The highest BCUT2D eigenvalue weighted by molar-refractivity contribution is 7.99. The number of hydrogen-bond acceptors (Lipinski definition) is 4. The lowest BCUT2D eigenvalue weighted by atomic mass is 10.2. The number of halogens is 1. The van der Waals surface area contributed by atoms with Crippen LogP contribution in [0.3, 0.4) is 0 Å². The zero-order valence-corrected chi connectivity index (χ0v) is 15.3. The molecule has 0 fully saturated rings. The predicted molar refractivity (Wildman–Crippen MR) is 105 cm³/mol. The number of pyridine rings is 1. The molecule has 0 aliphatic rings. The molecule has 7 heteroatoms. The quantitative estimate of drug-likeness (QED) is 0.635. The number of nitrogens with two attached hydrogens (primary N) is 1. The number of rotatable bonds is 7. The van der Waals surface area contributed by atoms with Gasteiger partial charge in [-0.05, 0) is 36.4 Å². The van der Waals surface area contributed by atoms with Crippen molar-refractivity contribution in [2.24, 2.45) is 5.73 Å². The first-order chi connectivity index (χ1) is 13.0. The second kappa shape index (κ2) is 8.64. The average Bonchev–Trinajstić information content (AvgIpc) is 2.67. The number of carbonyl (C=O) groups is 2. The summed E-state index contributed by atoms with van der Waals surface area (Å²) in [6, 6.07) is 17.1. The summed E-state index contributed by atoms with van der Waals surface area (Å²) in [7, 11) is 0. The third-order valence-electron chi connectivity index (χ3n) is 3.94. The third kappa shape index (κ3) is 5.04. The van der Waals surface area contributed by atoms with Gasteiger partial charge < -0.3 is 10.6 Å². The minimum Gasteiger partial charge on any atom is -0.370 e. The Kier molecular flexibility index (Phi) is 6.03. The maximum atomic E-state index is 13.2. The molecule has 0 aliphatic carbocycles. The number of fused-ring (bicyclic) bond motifs is 1. The van der Waals surface area contributed by atoms with Gasteiger partial charge in [-0.1, -0.05) is 36.0 Å². The van der Waals surface area contributed by atoms with Gasteiger partial charge in [0.1, 0.15) is 5.82 Å². The van der Waals surface area contributed by atoms with Gasteiger partial charge in [-0.15, -0.1) is 0 Å². The van der Waals surface area contributed by atoms with Gasteiger partial charge in [0.2, 0.25) is 11.8 Å². The Labute approximate surface area is 160 Å². The van der Waals surface area contributed by atoms with Gasteiger partial charge >= 0.3 is 0 Å². The summed E-state index contributed by atoms with van der Waals surface area (Å²) in [5.74, 6) is -0.959. The Bertz CT molecular complexity index is 963. The van der Waals surface area contributed by atoms with Crippen LogP contribution in [0.25, 0.3) is 10.9 Å². The van der Waals surface area contributed by atoms with Gasteiger partial charge in [0.25, 0.3) is 0 Å². The van der Waals surface area contributed by atoms with Crippen LogP contribution < -0.4 is 10.6 Å². The largest absolute Gasteiger partial charge is 0.370 e. The van der Waals surface area contributed by atoms with Gasteiger partial charge in [-0.25, -0.2) is 9.37 Å². The first kappa shape index (κ1) is 18.8. The molecule has 27 heavy (non-hydrogen) atoms. The number of carbonyl (C=O) groups excluding carboxylic acids is 2. The van der Waals surface area contributed by atoms with Crippen molar-refractivity contribution in [3.8, 4) is 0 Å². The zero-order chi connectivity index (χ0) is 19.2.